The minimum absolute atomic E-state index is 0.676. The van der Waals surface area contributed by atoms with Crippen LogP contribution in [0, 0.1) is 0 Å². The zero-order chi connectivity index (χ0) is 11.1. The van der Waals surface area contributed by atoms with Gasteiger partial charge in [0.05, 0.1) is 19.8 Å². The maximum Gasteiger partial charge on any atom is 0.183 e. The summed E-state index contributed by atoms with van der Waals surface area (Å²) in [7, 11) is -1.37. The second-order valence-electron chi connectivity index (χ2n) is 4.50. The lowest BCUT2D eigenvalue weighted by molar-refractivity contribution is 0.0868. The van der Waals surface area contributed by atoms with Gasteiger partial charge in [0.25, 0.3) is 0 Å². The van der Waals surface area contributed by atoms with Crippen LogP contribution in [0.3, 0.4) is 0 Å². The molecule has 1 aromatic carbocycles. The summed E-state index contributed by atoms with van der Waals surface area (Å²) >= 11 is 0. The Morgan fingerprint density at radius 1 is 1.00 bits per heavy atom. The third kappa shape index (κ3) is 6.44. The minimum atomic E-state index is -1.37. The molecular weight excluding hydrogens is 204 g/mol. The van der Waals surface area contributed by atoms with Crippen LogP contribution in [-0.4, -0.2) is 21.5 Å². The number of ether oxygens (including phenoxy) is 1. The Labute approximate surface area is 93.4 Å². The Hall–Kier alpha value is -0.643. The molecule has 0 atom stereocenters. The van der Waals surface area contributed by atoms with Crippen LogP contribution in [0.15, 0.2) is 30.3 Å². The van der Waals surface area contributed by atoms with Gasteiger partial charge in [-0.1, -0.05) is 30.3 Å². The van der Waals surface area contributed by atoms with Crippen molar-refractivity contribution >= 4 is 8.32 Å². The minimum Gasteiger partial charge on any atom is -0.415 e. The molecular formula is C12H20O2Si. The summed E-state index contributed by atoms with van der Waals surface area (Å²) in [5, 5.41) is 0. The Bertz CT molecular complexity index is 267. The van der Waals surface area contributed by atoms with Crippen LogP contribution in [0.5, 0.6) is 0 Å². The first-order chi connectivity index (χ1) is 7.08. The molecule has 1 rings (SSSR count). The van der Waals surface area contributed by atoms with Crippen molar-refractivity contribution in [2.45, 2.75) is 26.2 Å². The smallest absolute Gasteiger partial charge is 0.183 e. The Morgan fingerprint density at radius 2 is 1.67 bits per heavy atom. The second-order valence-corrected chi connectivity index (χ2v) is 9.01. The number of benzene rings is 1. The van der Waals surface area contributed by atoms with E-state index in [2.05, 4.69) is 31.8 Å². The molecule has 0 spiro atoms. The Balaban J connectivity index is 2.08. The molecule has 0 aromatic heterocycles. The zero-order valence-electron chi connectivity index (χ0n) is 9.82. The number of hydrogen-bond acceptors (Lipinski definition) is 2. The van der Waals surface area contributed by atoms with Gasteiger partial charge in [-0.15, -0.1) is 0 Å². The van der Waals surface area contributed by atoms with Crippen molar-refractivity contribution in [2.24, 2.45) is 0 Å². The van der Waals surface area contributed by atoms with E-state index >= 15 is 0 Å². The lowest BCUT2D eigenvalue weighted by atomic mass is 10.2. The SMILES string of the molecule is C[Si](C)(C)OCCOCc1ccccc1. The van der Waals surface area contributed by atoms with Crippen LogP contribution in [-0.2, 0) is 15.8 Å². The normalized spacial score (nSPS) is 11.7. The summed E-state index contributed by atoms with van der Waals surface area (Å²) in [4.78, 5) is 0. The van der Waals surface area contributed by atoms with Gasteiger partial charge in [-0.05, 0) is 25.2 Å². The van der Waals surface area contributed by atoms with Crippen LogP contribution in [0.25, 0.3) is 0 Å². The fourth-order valence-corrected chi connectivity index (χ4v) is 1.87. The van der Waals surface area contributed by atoms with Gasteiger partial charge >= 0.3 is 0 Å². The maximum absolute atomic E-state index is 5.68. The third-order valence-corrected chi connectivity index (χ3v) is 2.94. The predicted octanol–water partition coefficient (Wildman–Crippen LogP) is 3.05. The van der Waals surface area contributed by atoms with E-state index in [1.54, 1.807) is 0 Å². The molecule has 0 saturated carbocycles. The molecule has 0 amide bonds. The summed E-state index contributed by atoms with van der Waals surface area (Å²) < 4.78 is 11.2. The van der Waals surface area contributed by atoms with Crippen molar-refractivity contribution in [1.82, 2.24) is 0 Å². The van der Waals surface area contributed by atoms with Gasteiger partial charge in [0.15, 0.2) is 8.32 Å². The third-order valence-electron chi connectivity index (χ3n) is 1.87. The highest BCUT2D eigenvalue weighted by atomic mass is 28.4. The molecule has 0 aliphatic rings. The monoisotopic (exact) mass is 224 g/mol. The Morgan fingerprint density at radius 3 is 2.27 bits per heavy atom. The van der Waals surface area contributed by atoms with E-state index in [1.165, 1.54) is 5.56 Å². The van der Waals surface area contributed by atoms with Crippen molar-refractivity contribution in [1.29, 1.82) is 0 Å². The second kappa shape index (κ2) is 6.05. The quantitative estimate of drug-likeness (QED) is 0.546. The van der Waals surface area contributed by atoms with Crippen LogP contribution >= 0.6 is 0 Å². The molecule has 0 radical (unpaired) electrons. The van der Waals surface area contributed by atoms with Gasteiger partial charge in [0.1, 0.15) is 0 Å². The molecule has 0 unspecified atom stereocenters. The molecule has 0 heterocycles. The van der Waals surface area contributed by atoms with Crippen molar-refractivity contribution in [2.75, 3.05) is 13.2 Å². The number of hydrogen-bond donors (Lipinski definition) is 0. The summed E-state index contributed by atoms with van der Waals surface area (Å²) in [6, 6.07) is 10.2. The molecule has 0 aliphatic carbocycles. The first-order valence-electron chi connectivity index (χ1n) is 5.33. The highest BCUT2D eigenvalue weighted by Crippen LogP contribution is 2.03. The lowest BCUT2D eigenvalue weighted by Crippen LogP contribution is -2.27. The van der Waals surface area contributed by atoms with Crippen molar-refractivity contribution in [3.8, 4) is 0 Å². The van der Waals surface area contributed by atoms with E-state index in [1.807, 2.05) is 18.2 Å². The number of rotatable bonds is 6. The summed E-state index contributed by atoms with van der Waals surface area (Å²) in [5.41, 5.74) is 1.21. The fraction of sp³-hybridized carbons (Fsp3) is 0.500. The molecule has 1 aromatic rings. The lowest BCUT2D eigenvalue weighted by Gasteiger charge is -2.16. The maximum atomic E-state index is 5.68. The molecule has 0 bridgehead atoms. The van der Waals surface area contributed by atoms with Gasteiger partial charge < -0.3 is 9.16 Å². The standard InChI is InChI=1S/C12H20O2Si/c1-15(2,3)14-10-9-13-11-12-7-5-4-6-8-12/h4-8H,9-11H2,1-3H3. The molecule has 3 heteroatoms. The molecule has 0 N–H and O–H groups in total. The summed E-state index contributed by atoms with van der Waals surface area (Å²) in [5.74, 6) is 0. The van der Waals surface area contributed by atoms with E-state index in [0.717, 1.165) is 0 Å². The van der Waals surface area contributed by atoms with Gasteiger partial charge in [0, 0.05) is 0 Å². The van der Waals surface area contributed by atoms with Gasteiger partial charge in [-0.2, -0.15) is 0 Å². The molecule has 84 valence electrons. The first kappa shape index (κ1) is 12.4. The molecule has 0 saturated heterocycles. The fourth-order valence-electron chi connectivity index (χ4n) is 1.17. The van der Waals surface area contributed by atoms with Crippen LogP contribution in [0.2, 0.25) is 19.6 Å². The van der Waals surface area contributed by atoms with E-state index < -0.39 is 8.32 Å². The predicted molar refractivity (Wildman–Crippen MR) is 65.4 cm³/mol. The summed E-state index contributed by atoms with van der Waals surface area (Å²) in [6.07, 6.45) is 0. The highest BCUT2D eigenvalue weighted by molar-refractivity contribution is 6.69. The van der Waals surface area contributed by atoms with E-state index in [4.69, 9.17) is 9.16 Å². The highest BCUT2D eigenvalue weighted by Gasteiger charge is 2.12. The van der Waals surface area contributed by atoms with Crippen LogP contribution in [0.1, 0.15) is 5.56 Å². The topological polar surface area (TPSA) is 18.5 Å². The Kier molecular flexibility index (Phi) is 5.01. The van der Waals surface area contributed by atoms with E-state index in [-0.39, 0.29) is 0 Å². The van der Waals surface area contributed by atoms with Crippen molar-refractivity contribution in [3.05, 3.63) is 35.9 Å². The van der Waals surface area contributed by atoms with E-state index in [0.29, 0.717) is 19.8 Å². The largest absolute Gasteiger partial charge is 0.415 e. The summed E-state index contributed by atoms with van der Waals surface area (Å²) in [6.45, 7) is 8.62. The average Bonchev–Trinajstić information content (AvgIpc) is 2.17. The van der Waals surface area contributed by atoms with Crippen molar-refractivity contribution < 1.29 is 9.16 Å². The van der Waals surface area contributed by atoms with E-state index in [9.17, 15) is 0 Å². The van der Waals surface area contributed by atoms with Gasteiger partial charge in [-0.25, -0.2) is 0 Å². The first-order valence-corrected chi connectivity index (χ1v) is 8.74. The van der Waals surface area contributed by atoms with Gasteiger partial charge in [0.2, 0.25) is 0 Å². The molecule has 2 nitrogen and oxygen atoms in total. The van der Waals surface area contributed by atoms with Crippen LogP contribution in [0.4, 0.5) is 0 Å². The van der Waals surface area contributed by atoms with Crippen LogP contribution < -0.4 is 0 Å². The van der Waals surface area contributed by atoms with Gasteiger partial charge in [-0.3, -0.25) is 0 Å². The molecule has 15 heavy (non-hydrogen) atoms. The average molecular weight is 224 g/mol. The molecule has 0 aliphatic heterocycles. The van der Waals surface area contributed by atoms with Crippen molar-refractivity contribution in [3.63, 3.8) is 0 Å². The molecule has 0 fully saturated rings. The zero-order valence-corrected chi connectivity index (χ0v) is 10.8.